The molecule has 0 amide bonds. The Morgan fingerprint density at radius 2 is 2.31 bits per heavy atom. The summed E-state index contributed by atoms with van der Waals surface area (Å²) in [6, 6.07) is 8.73. The minimum absolute atomic E-state index is 0.0219. The Kier molecular flexibility index (Phi) is 3.25. The van der Waals surface area contributed by atoms with Gasteiger partial charge in [-0.2, -0.15) is 0 Å². The number of benzene rings is 1. The summed E-state index contributed by atoms with van der Waals surface area (Å²) in [6.07, 6.45) is 2.34. The first-order chi connectivity index (χ1) is 7.66. The van der Waals surface area contributed by atoms with Crippen LogP contribution >= 0.6 is 0 Å². The van der Waals surface area contributed by atoms with Crippen LogP contribution in [-0.4, -0.2) is 17.1 Å². The van der Waals surface area contributed by atoms with E-state index in [4.69, 9.17) is 5.11 Å². The second-order valence-electron chi connectivity index (χ2n) is 4.46. The highest BCUT2D eigenvalue weighted by atomic mass is 16.4. The first-order valence-electron chi connectivity index (χ1n) is 5.72. The maximum Gasteiger partial charge on any atom is 0.304 e. The predicted octanol–water partition coefficient (Wildman–Crippen LogP) is 2.13. The van der Waals surface area contributed by atoms with Gasteiger partial charge in [-0.25, -0.2) is 0 Å². The second kappa shape index (κ2) is 4.66. The topological polar surface area (TPSA) is 49.3 Å². The van der Waals surface area contributed by atoms with Gasteiger partial charge in [0.2, 0.25) is 0 Å². The first-order valence-corrected chi connectivity index (χ1v) is 5.72. The van der Waals surface area contributed by atoms with Crippen LogP contribution in [0.4, 0.5) is 0 Å². The number of carboxylic acid groups (broad SMARTS) is 1. The monoisotopic (exact) mass is 219 g/mol. The molecule has 0 aliphatic heterocycles. The Bertz CT molecular complexity index is 389. The van der Waals surface area contributed by atoms with Crippen molar-refractivity contribution in [3.63, 3.8) is 0 Å². The van der Waals surface area contributed by atoms with E-state index in [0.29, 0.717) is 6.04 Å². The van der Waals surface area contributed by atoms with Gasteiger partial charge in [0.25, 0.3) is 0 Å². The fourth-order valence-corrected chi connectivity index (χ4v) is 2.39. The Morgan fingerprint density at radius 1 is 1.56 bits per heavy atom. The van der Waals surface area contributed by atoms with Gasteiger partial charge in [0, 0.05) is 12.1 Å². The molecule has 86 valence electrons. The minimum Gasteiger partial charge on any atom is -0.481 e. The van der Waals surface area contributed by atoms with E-state index in [1.165, 1.54) is 11.1 Å². The van der Waals surface area contributed by atoms with Crippen molar-refractivity contribution in [3.05, 3.63) is 35.4 Å². The van der Waals surface area contributed by atoms with Crippen LogP contribution in [0.15, 0.2) is 24.3 Å². The largest absolute Gasteiger partial charge is 0.481 e. The summed E-state index contributed by atoms with van der Waals surface area (Å²) in [5.41, 5.74) is 2.72. The number of hydrogen-bond donors (Lipinski definition) is 2. The summed E-state index contributed by atoms with van der Waals surface area (Å²) in [5.74, 6) is -0.744. The van der Waals surface area contributed by atoms with E-state index < -0.39 is 5.97 Å². The van der Waals surface area contributed by atoms with Crippen molar-refractivity contribution in [2.45, 2.75) is 38.3 Å². The van der Waals surface area contributed by atoms with Crippen molar-refractivity contribution >= 4 is 5.97 Å². The molecule has 0 saturated carbocycles. The number of aliphatic carboxylic acids is 1. The fourth-order valence-electron chi connectivity index (χ4n) is 2.39. The van der Waals surface area contributed by atoms with Crippen molar-refractivity contribution in [3.8, 4) is 0 Å². The lowest BCUT2D eigenvalue weighted by Crippen LogP contribution is -2.31. The summed E-state index contributed by atoms with van der Waals surface area (Å²) in [4.78, 5) is 10.6. The molecule has 2 unspecified atom stereocenters. The van der Waals surface area contributed by atoms with Gasteiger partial charge in [-0.15, -0.1) is 0 Å². The molecule has 3 nitrogen and oxygen atoms in total. The molecule has 3 heteroatoms. The van der Waals surface area contributed by atoms with Crippen LogP contribution in [0.25, 0.3) is 0 Å². The molecular formula is C13H17NO2. The third-order valence-corrected chi connectivity index (χ3v) is 3.10. The standard InChI is InChI=1S/C13H17NO2/c1-9(8-13(15)16)14-12-7-6-10-4-2-3-5-11(10)12/h2-5,9,12,14H,6-8H2,1H3,(H,15,16). The van der Waals surface area contributed by atoms with Gasteiger partial charge in [-0.05, 0) is 30.9 Å². The molecule has 0 spiro atoms. The Labute approximate surface area is 95.5 Å². The summed E-state index contributed by atoms with van der Waals surface area (Å²) in [7, 11) is 0. The first kappa shape index (κ1) is 11.1. The molecule has 1 aromatic rings. The Morgan fingerprint density at radius 3 is 3.06 bits per heavy atom. The van der Waals surface area contributed by atoms with E-state index >= 15 is 0 Å². The summed E-state index contributed by atoms with van der Waals surface area (Å²) in [5, 5.41) is 12.1. The van der Waals surface area contributed by atoms with Gasteiger partial charge in [-0.1, -0.05) is 24.3 Å². The number of rotatable bonds is 4. The van der Waals surface area contributed by atoms with Crippen molar-refractivity contribution in [1.82, 2.24) is 5.32 Å². The van der Waals surface area contributed by atoms with Crippen molar-refractivity contribution in [2.24, 2.45) is 0 Å². The number of fused-ring (bicyclic) bond motifs is 1. The van der Waals surface area contributed by atoms with Crippen LogP contribution < -0.4 is 5.32 Å². The van der Waals surface area contributed by atoms with Gasteiger partial charge >= 0.3 is 5.97 Å². The lowest BCUT2D eigenvalue weighted by atomic mass is 10.1. The van der Waals surface area contributed by atoms with Crippen molar-refractivity contribution in [2.75, 3.05) is 0 Å². The van der Waals surface area contributed by atoms with Crippen LogP contribution in [0.5, 0.6) is 0 Å². The summed E-state index contributed by atoms with van der Waals surface area (Å²) >= 11 is 0. The molecule has 0 heterocycles. The normalized spacial score (nSPS) is 20.4. The third kappa shape index (κ3) is 2.42. The maximum absolute atomic E-state index is 10.6. The highest BCUT2D eigenvalue weighted by molar-refractivity contribution is 5.67. The SMILES string of the molecule is CC(CC(=O)O)NC1CCc2ccccc21. The average molecular weight is 219 g/mol. The molecule has 2 rings (SSSR count). The summed E-state index contributed by atoms with van der Waals surface area (Å²) < 4.78 is 0. The zero-order valence-corrected chi connectivity index (χ0v) is 9.44. The van der Waals surface area contributed by atoms with Crippen molar-refractivity contribution in [1.29, 1.82) is 0 Å². The van der Waals surface area contributed by atoms with Crippen molar-refractivity contribution < 1.29 is 9.90 Å². The third-order valence-electron chi connectivity index (χ3n) is 3.10. The molecule has 1 aliphatic rings. The van der Waals surface area contributed by atoms with E-state index in [-0.39, 0.29) is 12.5 Å². The smallest absolute Gasteiger partial charge is 0.304 e. The molecular weight excluding hydrogens is 202 g/mol. The molecule has 2 N–H and O–H groups in total. The fraction of sp³-hybridized carbons (Fsp3) is 0.462. The van der Waals surface area contributed by atoms with E-state index in [1.807, 2.05) is 13.0 Å². The van der Waals surface area contributed by atoms with Crippen LogP contribution in [0.3, 0.4) is 0 Å². The Hall–Kier alpha value is -1.35. The molecule has 0 bridgehead atoms. The number of carbonyl (C=O) groups is 1. The number of hydrogen-bond acceptors (Lipinski definition) is 2. The van der Waals surface area contributed by atoms with E-state index in [9.17, 15) is 4.79 Å². The average Bonchev–Trinajstić information content (AvgIpc) is 2.61. The zero-order chi connectivity index (χ0) is 11.5. The molecule has 2 atom stereocenters. The molecule has 1 aromatic carbocycles. The van der Waals surface area contributed by atoms with Gasteiger partial charge in [0.15, 0.2) is 0 Å². The zero-order valence-electron chi connectivity index (χ0n) is 9.44. The molecule has 0 radical (unpaired) electrons. The van der Waals surface area contributed by atoms with Crippen LogP contribution in [0, 0.1) is 0 Å². The minimum atomic E-state index is -0.744. The maximum atomic E-state index is 10.6. The summed E-state index contributed by atoms with van der Waals surface area (Å²) in [6.45, 7) is 1.93. The van der Waals surface area contributed by atoms with Crippen LogP contribution in [0.2, 0.25) is 0 Å². The van der Waals surface area contributed by atoms with Gasteiger partial charge in [0.05, 0.1) is 6.42 Å². The van der Waals surface area contributed by atoms with Gasteiger partial charge in [0.1, 0.15) is 0 Å². The van der Waals surface area contributed by atoms with Gasteiger partial charge in [-0.3, -0.25) is 4.79 Å². The quantitative estimate of drug-likeness (QED) is 0.815. The molecule has 1 aliphatic carbocycles. The highest BCUT2D eigenvalue weighted by Crippen LogP contribution is 2.31. The number of carboxylic acids is 1. The predicted molar refractivity (Wildman–Crippen MR) is 62.4 cm³/mol. The highest BCUT2D eigenvalue weighted by Gasteiger charge is 2.23. The molecule has 0 aromatic heterocycles. The lowest BCUT2D eigenvalue weighted by Gasteiger charge is -2.18. The number of nitrogens with one attached hydrogen (secondary N) is 1. The van der Waals surface area contributed by atoms with Crippen LogP contribution in [-0.2, 0) is 11.2 Å². The second-order valence-corrected chi connectivity index (χ2v) is 4.46. The van der Waals surface area contributed by atoms with E-state index in [1.54, 1.807) is 0 Å². The molecule has 0 saturated heterocycles. The lowest BCUT2D eigenvalue weighted by molar-refractivity contribution is -0.137. The van der Waals surface area contributed by atoms with Gasteiger partial charge < -0.3 is 10.4 Å². The number of aryl methyl sites for hydroxylation is 1. The Balaban J connectivity index is 2.00. The molecule has 0 fully saturated rings. The van der Waals surface area contributed by atoms with E-state index in [2.05, 4.69) is 23.5 Å². The molecule has 16 heavy (non-hydrogen) atoms. The van der Waals surface area contributed by atoms with E-state index in [0.717, 1.165) is 12.8 Å². The van der Waals surface area contributed by atoms with Crippen LogP contribution in [0.1, 0.15) is 36.9 Å².